The minimum atomic E-state index is -0.155. The van der Waals surface area contributed by atoms with Crippen LogP contribution in [0.15, 0.2) is 36.5 Å². The number of carbonyl (C=O) groups excluding carboxylic acids is 1. The average Bonchev–Trinajstić information content (AvgIpc) is 2.74. The number of likely N-dealkylation sites (N-methyl/N-ethyl adjacent to an activating group) is 1. The zero-order chi connectivity index (χ0) is 20.6. The molecule has 7 heteroatoms. The van der Waals surface area contributed by atoms with E-state index >= 15 is 0 Å². The van der Waals surface area contributed by atoms with Gasteiger partial charge in [-0.1, -0.05) is 6.07 Å². The Morgan fingerprint density at radius 2 is 1.76 bits per heavy atom. The summed E-state index contributed by atoms with van der Waals surface area (Å²) in [5.41, 5.74) is 1.51. The molecule has 1 aliphatic heterocycles. The monoisotopic (exact) mass is 398 g/mol. The van der Waals surface area contributed by atoms with Crippen LogP contribution < -0.4 is 19.7 Å². The number of hydrogen-bond donors (Lipinski definition) is 1. The van der Waals surface area contributed by atoms with Crippen LogP contribution in [-0.2, 0) is 6.54 Å². The van der Waals surface area contributed by atoms with Crippen LogP contribution in [0.3, 0.4) is 0 Å². The lowest BCUT2D eigenvalue weighted by Crippen LogP contribution is -2.44. The first-order chi connectivity index (χ1) is 14.1. The van der Waals surface area contributed by atoms with E-state index in [2.05, 4.69) is 27.1 Å². The summed E-state index contributed by atoms with van der Waals surface area (Å²) in [6.45, 7) is 9.36. The third-order valence-corrected chi connectivity index (χ3v) is 4.90. The lowest BCUT2D eigenvalue weighted by Gasteiger charge is -2.33. The minimum Gasteiger partial charge on any atom is -0.490 e. The Bertz CT molecular complexity index is 802. The van der Waals surface area contributed by atoms with Gasteiger partial charge in [-0.2, -0.15) is 0 Å². The summed E-state index contributed by atoms with van der Waals surface area (Å²) in [5.74, 6) is 2.06. The first-order valence-electron chi connectivity index (χ1n) is 10.2. The Balaban J connectivity index is 1.58. The SMILES string of the molecule is CCOc1ccc(C(=O)NCc2ccc(N3CCN(C)CC3)nc2)cc1OCC. The predicted octanol–water partition coefficient (Wildman–Crippen LogP) is 2.56. The Hall–Kier alpha value is -2.80. The number of carbonyl (C=O) groups is 1. The highest BCUT2D eigenvalue weighted by Crippen LogP contribution is 2.28. The highest BCUT2D eigenvalue weighted by molar-refractivity contribution is 5.94. The molecule has 2 aromatic rings. The fourth-order valence-corrected chi connectivity index (χ4v) is 3.22. The molecule has 2 heterocycles. The van der Waals surface area contributed by atoms with Gasteiger partial charge in [-0.3, -0.25) is 4.79 Å². The molecule has 3 rings (SSSR count). The van der Waals surface area contributed by atoms with Gasteiger partial charge in [0.05, 0.1) is 13.2 Å². The van der Waals surface area contributed by atoms with Crippen LogP contribution in [0.4, 0.5) is 5.82 Å². The van der Waals surface area contributed by atoms with Crippen LogP contribution in [0, 0.1) is 0 Å². The van der Waals surface area contributed by atoms with Gasteiger partial charge in [0, 0.05) is 44.5 Å². The Labute approximate surface area is 172 Å². The van der Waals surface area contributed by atoms with Gasteiger partial charge in [0.25, 0.3) is 5.91 Å². The maximum atomic E-state index is 12.5. The van der Waals surface area contributed by atoms with Crippen LogP contribution in [0.5, 0.6) is 11.5 Å². The number of nitrogens with zero attached hydrogens (tertiary/aromatic N) is 3. The molecule has 0 spiro atoms. The molecule has 0 bridgehead atoms. The van der Waals surface area contributed by atoms with Gasteiger partial charge in [0.2, 0.25) is 0 Å². The topological polar surface area (TPSA) is 66.9 Å². The van der Waals surface area contributed by atoms with Crippen molar-refractivity contribution < 1.29 is 14.3 Å². The molecule has 156 valence electrons. The van der Waals surface area contributed by atoms with Crippen LogP contribution in [0.2, 0.25) is 0 Å². The van der Waals surface area contributed by atoms with Crippen molar-refractivity contribution >= 4 is 11.7 Å². The molecule has 29 heavy (non-hydrogen) atoms. The normalized spacial score (nSPS) is 14.5. The number of hydrogen-bond acceptors (Lipinski definition) is 6. The van der Waals surface area contributed by atoms with E-state index in [0.717, 1.165) is 37.6 Å². The fraction of sp³-hybridized carbons (Fsp3) is 0.455. The number of ether oxygens (including phenoxy) is 2. The zero-order valence-corrected chi connectivity index (χ0v) is 17.5. The Morgan fingerprint density at radius 3 is 2.41 bits per heavy atom. The first kappa shape index (κ1) is 20.9. The quantitative estimate of drug-likeness (QED) is 0.737. The molecule has 1 fully saturated rings. The van der Waals surface area contributed by atoms with Gasteiger partial charge in [0.1, 0.15) is 5.82 Å². The van der Waals surface area contributed by atoms with Crippen LogP contribution in [0.25, 0.3) is 0 Å². The largest absolute Gasteiger partial charge is 0.490 e. The highest BCUT2D eigenvalue weighted by Gasteiger charge is 2.15. The van der Waals surface area contributed by atoms with Crippen molar-refractivity contribution in [1.29, 1.82) is 0 Å². The summed E-state index contributed by atoms with van der Waals surface area (Å²) in [6.07, 6.45) is 1.83. The number of pyridine rings is 1. The average molecular weight is 399 g/mol. The van der Waals surface area contributed by atoms with E-state index < -0.39 is 0 Å². The maximum absolute atomic E-state index is 12.5. The second-order valence-electron chi connectivity index (χ2n) is 7.03. The molecule has 0 atom stereocenters. The second kappa shape index (κ2) is 10.1. The summed E-state index contributed by atoms with van der Waals surface area (Å²) < 4.78 is 11.1. The molecular weight excluding hydrogens is 368 g/mol. The van der Waals surface area contributed by atoms with Crippen molar-refractivity contribution in [2.24, 2.45) is 0 Å². The summed E-state index contributed by atoms with van der Waals surface area (Å²) in [6, 6.07) is 9.29. The third-order valence-electron chi connectivity index (χ3n) is 4.90. The van der Waals surface area contributed by atoms with Crippen molar-refractivity contribution in [3.63, 3.8) is 0 Å². The number of anilines is 1. The number of benzene rings is 1. The molecular formula is C22H30N4O3. The summed E-state index contributed by atoms with van der Waals surface area (Å²) in [4.78, 5) is 21.7. The molecule has 1 aromatic carbocycles. The van der Waals surface area contributed by atoms with Gasteiger partial charge < -0.3 is 24.6 Å². The molecule has 0 aliphatic carbocycles. The molecule has 1 N–H and O–H groups in total. The summed E-state index contributed by atoms with van der Waals surface area (Å²) in [7, 11) is 2.14. The second-order valence-corrected chi connectivity index (χ2v) is 7.03. The number of piperazine rings is 1. The fourth-order valence-electron chi connectivity index (χ4n) is 3.22. The summed E-state index contributed by atoms with van der Waals surface area (Å²) >= 11 is 0. The van der Waals surface area contributed by atoms with Crippen molar-refractivity contribution in [1.82, 2.24) is 15.2 Å². The summed E-state index contributed by atoms with van der Waals surface area (Å²) in [5, 5.41) is 2.95. The van der Waals surface area contributed by atoms with Crippen molar-refractivity contribution in [2.75, 3.05) is 51.3 Å². The van der Waals surface area contributed by atoms with Gasteiger partial charge in [0.15, 0.2) is 11.5 Å². The highest BCUT2D eigenvalue weighted by atomic mass is 16.5. The molecule has 0 unspecified atom stereocenters. The van der Waals surface area contributed by atoms with E-state index in [1.807, 2.05) is 32.2 Å². The van der Waals surface area contributed by atoms with Crippen LogP contribution in [0.1, 0.15) is 29.8 Å². The molecule has 7 nitrogen and oxygen atoms in total. The molecule has 0 saturated carbocycles. The zero-order valence-electron chi connectivity index (χ0n) is 17.5. The van der Waals surface area contributed by atoms with E-state index in [0.29, 0.717) is 36.8 Å². The van der Waals surface area contributed by atoms with Gasteiger partial charge in [-0.15, -0.1) is 0 Å². The first-order valence-corrected chi connectivity index (χ1v) is 10.2. The van der Waals surface area contributed by atoms with Gasteiger partial charge in [-0.25, -0.2) is 4.98 Å². The molecule has 1 saturated heterocycles. The van der Waals surface area contributed by atoms with Crippen LogP contribution in [-0.4, -0.2) is 62.2 Å². The van der Waals surface area contributed by atoms with Gasteiger partial charge >= 0.3 is 0 Å². The van der Waals surface area contributed by atoms with Gasteiger partial charge in [-0.05, 0) is 50.7 Å². The molecule has 1 amide bonds. The van der Waals surface area contributed by atoms with E-state index in [4.69, 9.17) is 9.47 Å². The third kappa shape index (κ3) is 5.60. The number of nitrogens with one attached hydrogen (secondary N) is 1. The van der Waals surface area contributed by atoms with Crippen molar-refractivity contribution in [2.45, 2.75) is 20.4 Å². The lowest BCUT2D eigenvalue weighted by molar-refractivity contribution is 0.0950. The van der Waals surface area contributed by atoms with Crippen LogP contribution >= 0.6 is 0 Å². The van der Waals surface area contributed by atoms with Crippen molar-refractivity contribution in [3.8, 4) is 11.5 Å². The lowest BCUT2D eigenvalue weighted by atomic mass is 10.1. The standard InChI is InChI=1S/C22H30N4O3/c1-4-28-19-8-7-18(14-20(19)29-5-2)22(27)24-16-17-6-9-21(23-15-17)26-12-10-25(3)11-13-26/h6-9,14-15H,4-5,10-13,16H2,1-3H3,(H,24,27). The Kier molecular flexibility index (Phi) is 7.30. The van der Waals surface area contributed by atoms with Crippen molar-refractivity contribution in [3.05, 3.63) is 47.7 Å². The van der Waals surface area contributed by atoms with E-state index in [-0.39, 0.29) is 5.91 Å². The molecule has 1 aliphatic rings. The molecule has 1 aromatic heterocycles. The predicted molar refractivity (Wildman–Crippen MR) is 114 cm³/mol. The van der Waals surface area contributed by atoms with E-state index in [9.17, 15) is 4.79 Å². The van der Waals surface area contributed by atoms with E-state index in [1.54, 1.807) is 18.2 Å². The number of aromatic nitrogens is 1. The smallest absolute Gasteiger partial charge is 0.251 e. The number of rotatable bonds is 8. The Morgan fingerprint density at radius 1 is 1.03 bits per heavy atom. The minimum absolute atomic E-state index is 0.155. The maximum Gasteiger partial charge on any atom is 0.251 e. The van der Waals surface area contributed by atoms with E-state index in [1.165, 1.54) is 0 Å². The molecule has 0 radical (unpaired) electrons. The number of amides is 1.